The molecule has 8 heteroatoms. The first-order valence-electron chi connectivity index (χ1n) is 11.5. The Balaban J connectivity index is 2.04. The van der Waals surface area contributed by atoms with Crippen molar-refractivity contribution in [2.24, 2.45) is 0 Å². The zero-order valence-corrected chi connectivity index (χ0v) is 23.7. The number of hydrogen-bond donors (Lipinski definition) is 0. The van der Waals surface area contributed by atoms with Gasteiger partial charge in [0, 0.05) is 28.6 Å². The molecule has 0 bridgehead atoms. The van der Waals surface area contributed by atoms with E-state index in [-0.39, 0.29) is 5.04 Å². The van der Waals surface area contributed by atoms with E-state index in [1.165, 1.54) is 0 Å². The molecule has 0 aliphatic carbocycles. The molecule has 0 saturated carbocycles. The Morgan fingerprint density at radius 2 is 0.917 bits per heavy atom. The van der Waals surface area contributed by atoms with E-state index in [2.05, 4.69) is 52.9 Å². The zero-order valence-electron chi connectivity index (χ0n) is 21.2. The number of rotatable bonds is 7. The molecule has 0 spiro atoms. The second-order valence-electron chi connectivity index (χ2n) is 10.2. The van der Waals surface area contributed by atoms with Gasteiger partial charge in [0.1, 0.15) is 17.2 Å². The highest BCUT2D eigenvalue weighted by molar-refractivity contribution is 6.74. The topological polar surface area (TPSA) is 61.8 Å². The molecule has 0 unspecified atom stereocenters. The van der Waals surface area contributed by atoms with E-state index in [9.17, 15) is 9.59 Å². The molecule has 36 heavy (non-hydrogen) atoms. The summed E-state index contributed by atoms with van der Waals surface area (Å²) < 4.78 is 16.4. The minimum atomic E-state index is -1.98. The molecule has 0 aromatic heterocycles. The van der Waals surface area contributed by atoms with Crippen molar-refractivity contribution >= 4 is 42.4 Å². The van der Waals surface area contributed by atoms with Gasteiger partial charge in [0.2, 0.25) is 8.32 Å². The van der Waals surface area contributed by atoms with Gasteiger partial charge in [0.15, 0.2) is 0 Å². The maximum atomic E-state index is 11.1. The predicted molar refractivity (Wildman–Crippen MR) is 146 cm³/mol. The van der Waals surface area contributed by atoms with E-state index in [1.807, 2.05) is 36.4 Å². The van der Waals surface area contributed by atoms with Crippen LogP contribution < -0.4 is 13.9 Å². The van der Waals surface area contributed by atoms with Gasteiger partial charge >= 0.3 is 10.9 Å². The first-order valence-corrected chi connectivity index (χ1v) is 15.1. The Kier molecular flexibility index (Phi) is 8.23. The molecule has 0 aliphatic heterocycles. The second kappa shape index (κ2) is 10.7. The van der Waals surface area contributed by atoms with Crippen LogP contribution in [0.1, 0.15) is 44.4 Å². The Morgan fingerprint density at radius 3 is 1.19 bits per heavy atom. The molecular weight excluding hydrogens is 515 g/mol. The molecule has 0 N–H and O–H groups in total. The van der Waals surface area contributed by atoms with E-state index >= 15 is 0 Å². The lowest BCUT2D eigenvalue weighted by Crippen LogP contribution is -2.43. The van der Waals surface area contributed by atoms with Crippen molar-refractivity contribution in [3.8, 4) is 17.2 Å². The van der Waals surface area contributed by atoms with Crippen LogP contribution >= 0.6 is 23.2 Å². The van der Waals surface area contributed by atoms with Crippen molar-refractivity contribution in [3.05, 3.63) is 89.5 Å². The molecule has 3 rings (SSSR count). The van der Waals surface area contributed by atoms with Gasteiger partial charge in [-0.15, -0.1) is 0 Å². The molecule has 190 valence electrons. The summed E-state index contributed by atoms with van der Waals surface area (Å²) in [5.41, 5.74) is 0.547. The molecule has 5 nitrogen and oxygen atoms in total. The average molecular weight is 546 g/mol. The fourth-order valence-corrected chi connectivity index (χ4v) is 4.91. The number of benzene rings is 3. The molecule has 0 radical (unpaired) electrons. The first-order chi connectivity index (χ1) is 16.7. The smallest absolute Gasteiger partial charge is 0.409 e. The minimum absolute atomic E-state index is 0.0860. The Morgan fingerprint density at radius 1 is 0.611 bits per heavy atom. The highest BCUT2D eigenvalue weighted by Crippen LogP contribution is 2.42. The standard InChI is InChI=1S/C28H30Cl2O5Si/c1-27(2,3)36(5,6)35-24-17-11-21(12-18-24)28(4,19-7-13-22(14-8-19)33-25(29)31)20-9-15-23(16-10-20)34-26(30)32/h7-18H,1-6H3. The maximum Gasteiger partial charge on any atom is 0.409 e. The third kappa shape index (κ3) is 6.30. The molecule has 0 heterocycles. The SMILES string of the molecule is CC(c1ccc(OC(=O)Cl)cc1)(c1ccc(OC(=O)Cl)cc1)c1ccc(O[Si](C)(C)C(C)(C)C)cc1. The molecule has 0 aliphatic rings. The molecule has 0 saturated heterocycles. The molecule has 0 atom stereocenters. The van der Waals surface area contributed by atoms with Crippen LogP contribution in [0.3, 0.4) is 0 Å². The van der Waals surface area contributed by atoms with E-state index in [4.69, 9.17) is 37.1 Å². The number of carbonyl (C=O) groups excluding carboxylic acids is 2. The van der Waals surface area contributed by atoms with Crippen LogP contribution in [0.4, 0.5) is 9.59 Å². The largest absolute Gasteiger partial charge is 0.544 e. The van der Waals surface area contributed by atoms with E-state index in [0.717, 1.165) is 22.4 Å². The zero-order chi connectivity index (χ0) is 26.7. The molecule has 3 aromatic carbocycles. The van der Waals surface area contributed by atoms with Gasteiger partial charge in [0.05, 0.1) is 0 Å². The van der Waals surface area contributed by atoms with Crippen LogP contribution in [0, 0.1) is 0 Å². The van der Waals surface area contributed by atoms with Crippen molar-refractivity contribution < 1.29 is 23.5 Å². The summed E-state index contributed by atoms with van der Waals surface area (Å²) in [6, 6.07) is 22.5. The van der Waals surface area contributed by atoms with Crippen LogP contribution in [0.15, 0.2) is 72.8 Å². The van der Waals surface area contributed by atoms with E-state index in [1.54, 1.807) is 24.3 Å². The maximum absolute atomic E-state index is 11.1. The van der Waals surface area contributed by atoms with E-state index < -0.39 is 24.6 Å². The summed E-state index contributed by atoms with van der Waals surface area (Å²) in [5, 5.41) is 0.0860. The molecule has 0 fully saturated rings. The Labute approximate surface area is 223 Å². The lowest BCUT2D eigenvalue weighted by atomic mass is 9.71. The van der Waals surface area contributed by atoms with Crippen molar-refractivity contribution in [3.63, 3.8) is 0 Å². The number of carbonyl (C=O) groups is 2. The highest BCUT2D eigenvalue weighted by atomic mass is 35.5. The van der Waals surface area contributed by atoms with Gasteiger partial charge < -0.3 is 13.9 Å². The van der Waals surface area contributed by atoms with Crippen molar-refractivity contribution in [2.75, 3.05) is 0 Å². The summed E-state index contributed by atoms with van der Waals surface area (Å²) in [6.45, 7) is 13.2. The fraction of sp³-hybridized carbons (Fsp3) is 0.286. The third-order valence-electron chi connectivity index (χ3n) is 6.87. The minimum Gasteiger partial charge on any atom is -0.544 e. The fourth-order valence-electron chi connectivity index (χ4n) is 3.70. The monoisotopic (exact) mass is 544 g/mol. The van der Waals surface area contributed by atoms with Gasteiger partial charge in [-0.3, -0.25) is 0 Å². The van der Waals surface area contributed by atoms with Crippen molar-refractivity contribution in [1.29, 1.82) is 0 Å². The molecular formula is C28H30Cl2O5Si. The highest BCUT2D eigenvalue weighted by Gasteiger charge is 2.39. The van der Waals surface area contributed by atoms with Gasteiger partial charge in [-0.25, -0.2) is 9.59 Å². The van der Waals surface area contributed by atoms with Gasteiger partial charge in [-0.2, -0.15) is 0 Å². The number of ether oxygens (including phenoxy) is 2. The first kappa shape index (κ1) is 27.8. The van der Waals surface area contributed by atoms with Crippen LogP contribution in [0.5, 0.6) is 17.2 Å². The van der Waals surface area contributed by atoms with Gasteiger partial charge in [-0.05, 0) is 78.1 Å². The molecule has 0 amide bonds. The van der Waals surface area contributed by atoms with Crippen molar-refractivity contribution in [1.82, 2.24) is 0 Å². The Hall–Kier alpha value is -2.80. The van der Waals surface area contributed by atoms with Crippen molar-refractivity contribution in [2.45, 2.75) is 51.2 Å². The summed E-state index contributed by atoms with van der Waals surface area (Å²) in [4.78, 5) is 22.3. The second-order valence-corrected chi connectivity index (χ2v) is 15.6. The average Bonchev–Trinajstić information content (AvgIpc) is 2.78. The summed E-state index contributed by atoms with van der Waals surface area (Å²) in [5.74, 6) is 1.54. The predicted octanol–water partition coefficient (Wildman–Crippen LogP) is 8.90. The van der Waals surface area contributed by atoms with E-state index in [0.29, 0.717) is 11.5 Å². The van der Waals surface area contributed by atoms with Crippen LogP contribution in [0.2, 0.25) is 18.1 Å². The third-order valence-corrected chi connectivity index (χ3v) is 11.4. The van der Waals surface area contributed by atoms with Gasteiger partial charge in [0.25, 0.3) is 0 Å². The lowest BCUT2D eigenvalue weighted by Gasteiger charge is -2.37. The number of hydrogen-bond acceptors (Lipinski definition) is 5. The van der Waals surface area contributed by atoms with Crippen LogP contribution in [-0.4, -0.2) is 19.2 Å². The molecule has 3 aromatic rings. The lowest BCUT2D eigenvalue weighted by molar-refractivity contribution is 0.224. The summed E-state index contributed by atoms with van der Waals surface area (Å²) in [6.07, 6.45) is 0. The van der Waals surface area contributed by atoms with Crippen LogP contribution in [0.25, 0.3) is 0 Å². The van der Waals surface area contributed by atoms with Crippen LogP contribution in [-0.2, 0) is 5.41 Å². The summed E-state index contributed by atoms with van der Waals surface area (Å²) >= 11 is 10.7. The Bertz CT molecular complexity index is 1160. The van der Waals surface area contributed by atoms with Gasteiger partial charge in [-0.1, -0.05) is 57.2 Å². The normalized spacial score (nSPS) is 12.1. The summed E-state index contributed by atoms with van der Waals surface area (Å²) in [7, 11) is -1.98. The quantitative estimate of drug-likeness (QED) is 0.169. The number of halogens is 2.